The van der Waals surface area contributed by atoms with Crippen molar-refractivity contribution >= 4 is 44.4 Å². The lowest BCUT2D eigenvalue weighted by molar-refractivity contribution is 0.0636. The zero-order valence-corrected chi connectivity index (χ0v) is 16.2. The first-order valence-corrected chi connectivity index (χ1v) is 9.25. The number of hydrogen-bond donors (Lipinski definition) is 2. The molecule has 3 aromatic rings. The second kappa shape index (κ2) is 7.23. The predicted molar refractivity (Wildman–Crippen MR) is 106 cm³/mol. The smallest absolute Gasteiger partial charge is 0.413 e. The van der Waals surface area contributed by atoms with E-state index in [0.717, 1.165) is 26.9 Å². The van der Waals surface area contributed by atoms with Crippen LogP contribution in [0.3, 0.4) is 0 Å². The SMILES string of the molecule is CC(C)(C)OC(=O)Nc1nc2c(-c3cccc(Cl)c3)cc(CO)cc2s1. The van der Waals surface area contributed by atoms with Gasteiger partial charge in [-0.3, -0.25) is 5.32 Å². The largest absolute Gasteiger partial charge is 0.444 e. The number of thiazole rings is 1. The minimum absolute atomic E-state index is 0.0871. The zero-order chi connectivity index (χ0) is 18.9. The third-order valence-electron chi connectivity index (χ3n) is 3.48. The maximum atomic E-state index is 12.0. The number of halogens is 1. The molecule has 1 aromatic heterocycles. The summed E-state index contributed by atoms with van der Waals surface area (Å²) in [7, 11) is 0. The van der Waals surface area contributed by atoms with Gasteiger partial charge in [-0.15, -0.1) is 0 Å². The van der Waals surface area contributed by atoms with Gasteiger partial charge in [0.15, 0.2) is 5.13 Å². The number of aliphatic hydroxyl groups is 1. The summed E-state index contributed by atoms with van der Waals surface area (Å²) in [6.45, 7) is 5.32. The third kappa shape index (κ3) is 4.33. The van der Waals surface area contributed by atoms with Crippen molar-refractivity contribution < 1.29 is 14.6 Å². The number of hydrogen-bond acceptors (Lipinski definition) is 5. The molecule has 3 rings (SSSR count). The molecule has 1 amide bonds. The molecule has 136 valence electrons. The Bertz CT molecular complexity index is 963. The lowest BCUT2D eigenvalue weighted by atomic mass is 10.0. The Balaban J connectivity index is 2.03. The number of rotatable bonds is 3. The van der Waals surface area contributed by atoms with Gasteiger partial charge in [-0.25, -0.2) is 9.78 Å². The number of nitrogens with one attached hydrogen (secondary N) is 1. The van der Waals surface area contributed by atoms with Crippen LogP contribution in [0.1, 0.15) is 26.3 Å². The molecule has 0 saturated carbocycles. The van der Waals surface area contributed by atoms with E-state index in [1.807, 2.05) is 30.3 Å². The van der Waals surface area contributed by atoms with Crippen molar-refractivity contribution in [2.24, 2.45) is 0 Å². The topological polar surface area (TPSA) is 71.5 Å². The van der Waals surface area contributed by atoms with E-state index in [1.54, 1.807) is 26.8 Å². The lowest BCUT2D eigenvalue weighted by Gasteiger charge is -2.18. The van der Waals surface area contributed by atoms with Crippen LogP contribution in [0.25, 0.3) is 21.3 Å². The molecule has 0 saturated heterocycles. The summed E-state index contributed by atoms with van der Waals surface area (Å²) in [6, 6.07) is 11.2. The van der Waals surface area contributed by atoms with Gasteiger partial charge in [0.2, 0.25) is 0 Å². The molecule has 2 aromatic carbocycles. The Kier molecular flexibility index (Phi) is 5.18. The standard InChI is InChI=1S/C19H19ClN2O3S/c1-19(2,3)25-18(24)22-17-21-16-14(12-5-4-6-13(20)9-12)7-11(10-23)8-15(16)26-17/h4-9,23H,10H2,1-3H3,(H,21,22,24). The molecule has 0 fully saturated rings. The lowest BCUT2D eigenvalue weighted by Crippen LogP contribution is -2.27. The fraction of sp³-hybridized carbons (Fsp3) is 0.263. The number of carbonyl (C=O) groups is 1. The number of benzene rings is 2. The van der Waals surface area contributed by atoms with Crippen LogP contribution in [0.15, 0.2) is 36.4 Å². The van der Waals surface area contributed by atoms with Gasteiger partial charge in [-0.1, -0.05) is 35.1 Å². The van der Waals surface area contributed by atoms with Gasteiger partial charge in [0.25, 0.3) is 0 Å². The molecule has 0 bridgehead atoms. The van der Waals surface area contributed by atoms with Crippen molar-refractivity contribution in [3.8, 4) is 11.1 Å². The highest BCUT2D eigenvalue weighted by molar-refractivity contribution is 7.22. The number of anilines is 1. The van der Waals surface area contributed by atoms with Crippen LogP contribution >= 0.6 is 22.9 Å². The van der Waals surface area contributed by atoms with Crippen LogP contribution in [0.2, 0.25) is 5.02 Å². The van der Waals surface area contributed by atoms with Crippen LogP contribution in [-0.2, 0) is 11.3 Å². The Morgan fingerprint density at radius 1 is 1.31 bits per heavy atom. The van der Waals surface area contributed by atoms with Gasteiger partial charge < -0.3 is 9.84 Å². The summed E-state index contributed by atoms with van der Waals surface area (Å²) in [5, 5.41) is 13.3. The van der Waals surface area contributed by atoms with Crippen LogP contribution in [0, 0.1) is 0 Å². The molecule has 7 heteroatoms. The summed E-state index contributed by atoms with van der Waals surface area (Å²) in [5.74, 6) is 0. The van der Waals surface area contributed by atoms with Gasteiger partial charge in [0.1, 0.15) is 5.60 Å². The maximum Gasteiger partial charge on any atom is 0.413 e. The second-order valence-electron chi connectivity index (χ2n) is 6.80. The first kappa shape index (κ1) is 18.6. The van der Waals surface area contributed by atoms with Gasteiger partial charge in [-0.2, -0.15) is 0 Å². The molecule has 0 unspecified atom stereocenters. The van der Waals surface area contributed by atoms with E-state index in [-0.39, 0.29) is 6.61 Å². The molecule has 2 N–H and O–H groups in total. The second-order valence-corrected chi connectivity index (χ2v) is 8.27. The highest BCUT2D eigenvalue weighted by Gasteiger charge is 2.18. The molecule has 0 aliphatic carbocycles. The van der Waals surface area contributed by atoms with E-state index >= 15 is 0 Å². The molecule has 0 aliphatic heterocycles. The van der Waals surface area contributed by atoms with E-state index in [0.29, 0.717) is 10.2 Å². The minimum atomic E-state index is -0.587. The van der Waals surface area contributed by atoms with E-state index < -0.39 is 11.7 Å². The number of amides is 1. The molecule has 1 heterocycles. The molecule has 0 aliphatic rings. The number of fused-ring (bicyclic) bond motifs is 1. The zero-order valence-electron chi connectivity index (χ0n) is 14.7. The predicted octanol–water partition coefficient (Wildman–Crippen LogP) is 5.46. The van der Waals surface area contributed by atoms with Crippen molar-refractivity contribution in [2.75, 3.05) is 5.32 Å². The molecule has 0 spiro atoms. The van der Waals surface area contributed by atoms with E-state index in [1.165, 1.54) is 11.3 Å². The van der Waals surface area contributed by atoms with Gasteiger partial charge in [0, 0.05) is 10.6 Å². The third-order valence-corrected chi connectivity index (χ3v) is 4.63. The molecule has 26 heavy (non-hydrogen) atoms. The minimum Gasteiger partial charge on any atom is -0.444 e. The average Bonchev–Trinajstić information content (AvgIpc) is 2.93. The van der Waals surface area contributed by atoms with Crippen molar-refractivity contribution in [1.82, 2.24) is 4.98 Å². The molecular weight excluding hydrogens is 372 g/mol. The fourth-order valence-electron chi connectivity index (χ4n) is 2.50. The fourth-order valence-corrected chi connectivity index (χ4v) is 3.63. The molecule has 0 radical (unpaired) electrons. The van der Waals surface area contributed by atoms with Crippen molar-refractivity contribution in [3.05, 3.63) is 47.0 Å². The van der Waals surface area contributed by atoms with Crippen molar-refractivity contribution in [1.29, 1.82) is 0 Å². The summed E-state index contributed by atoms with van der Waals surface area (Å²) >= 11 is 7.44. The average molecular weight is 391 g/mol. The van der Waals surface area contributed by atoms with Crippen molar-refractivity contribution in [3.63, 3.8) is 0 Å². The van der Waals surface area contributed by atoms with Crippen LogP contribution < -0.4 is 5.32 Å². The molecule has 5 nitrogen and oxygen atoms in total. The van der Waals surface area contributed by atoms with E-state index in [9.17, 15) is 9.90 Å². The summed E-state index contributed by atoms with van der Waals surface area (Å²) in [5.41, 5.74) is 2.66. The van der Waals surface area contributed by atoms with Gasteiger partial charge in [0.05, 0.1) is 16.8 Å². The summed E-state index contributed by atoms with van der Waals surface area (Å²) < 4.78 is 6.13. The van der Waals surface area contributed by atoms with Crippen LogP contribution in [0.5, 0.6) is 0 Å². The maximum absolute atomic E-state index is 12.0. The van der Waals surface area contributed by atoms with Crippen molar-refractivity contribution in [2.45, 2.75) is 33.0 Å². The highest BCUT2D eigenvalue weighted by Crippen LogP contribution is 2.36. The Labute approximate surface area is 160 Å². The Hall–Kier alpha value is -2.15. The van der Waals surface area contributed by atoms with E-state index in [2.05, 4.69) is 10.3 Å². The summed E-state index contributed by atoms with van der Waals surface area (Å²) in [4.78, 5) is 16.5. The Morgan fingerprint density at radius 2 is 2.08 bits per heavy atom. The van der Waals surface area contributed by atoms with Crippen LogP contribution in [0.4, 0.5) is 9.93 Å². The first-order valence-electron chi connectivity index (χ1n) is 8.05. The monoisotopic (exact) mass is 390 g/mol. The molecular formula is C19H19ClN2O3S. The summed E-state index contributed by atoms with van der Waals surface area (Å²) in [6.07, 6.45) is -0.553. The number of carbonyl (C=O) groups excluding carboxylic acids is 1. The van der Waals surface area contributed by atoms with Gasteiger partial charge >= 0.3 is 6.09 Å². The van der Waals surface area contributed by atoms with E-state index in [4.69, 9.17) is 16.3 Å². The van der Waals surface area contributed by atoms with Gasteiger partial charge in [-0.05, 0) is 56.2 Å². The first-order chi connectivity index (χ1) is 12.2. The normalized spacial score (nSPS) is 11.6. The number of aromatic nitrogens is 1. The Morgan fingerprint density at radius 3 is 2.73 bits per heavy atom. The number of ether oxygens (including phenoxy) is 1. The highest BCUT2D eigenvalue weighted by atomic mass is 35.5. The van der Waals surface area contributed by atoms with Crippen LogP contribution in [-0.4, -0.2) is 21.8 Å². The number of nitrogens with zero attached hydrogens (tertiary/aromatic N) is 1. The molecule has 0 atom stereocenters. The number of aliphatic hydroxyl groups excluding tert-OH is 1. The quantitative estimate of drug-likeness (QED) is 0.623.